The van der Waals surface area contributed by atoms with E-state index in [0.29, 0.717) is 11.5 Å². The van der Waals surface area contributed by atoms with Crippen LogP contribution in [-0.2, 0) is 4.79 Å². The summed E-state index contributed by atoms with van der Waals surface area (Å²) in [5.74, 6) is -0.313. The molecule has 1 fully saturated rings. The van der Waals surface area contributed by atoms with E-state index in [1.165, 1.54) is 0 Å². The normalized spacial score (nSPS) is 36.4. The summed E-state index contributed by atoms with van der Waals surface area (Å²) in [7, 11) is 0. The number of carbonyl (C=O) groups is 1. The molecule has 3 unspecified atom stereocenters. The van der Waals surface area contributed by atoms with Crippen LogP contribution in [0.3, 0.4) is 0 Å². The van der Waals surface area contributed by atoms with E-state index in [1.807, 2.05) is 0 Å². The van der Waals surface area contributed by atoms with Crippen LogP contribution in [0.1, 0.15) is 32.6 Å². The van der Waals surface area contributed by atoms with Gasteiger partial charge in [-0.05, 0) is 42.9 Å². The van der Waals surface area contributed by atoms with Crippen LogP contribution in [0.5, 0.6) is 0 Å². The molecule has 0 aromatic heterocycles. The van der Waals surface area contributed by atoms with E-state index >= 15 is 0 Å². The highest BCUT2D eigenvalue weighted by Crippen LogP contribution is 2.52. The lowest BCUT2D eigenvalue weighted by molar-refractivity contribution is -0.133. The highest BCUT2D eigenvalue weighted by molar-refractivity contribution is 5.86. The molecule has 0 radical (unpaired) electrons. The second-order valence-electron chi connectivity index (χ2n) is 5.69. The number of fused-ring (bicyclic) bond motifs is 1. The second kappa shape index (κ2) is 4.17. The van der Waals surface area contributed by atoms with Crippen LogP contribution < -0.4 is 0 Å². The predicted octanol–water partition coefficient (Wildman–Crippen LogP) is 3.57. The van der Waals surface area contributed by atoms with Crippen LogP contribution in [-0.4, -0.2) is 11.1 Å². The maximum Gasteiger partial charge on any atom is 0.331 e. The number of rotatable bonds is 2. The average Bonchev–Trinajstić information content (AvgIpc) is 2.27. The summed E-state index contributed by atoms with van der Waals surface area (Å²) in [5.41, 5.74) is 1.80. The molecule has 2 aliphatic rings. The van der Waals surface area contributed by atoms with Gasteiger partial charge in [0.25, 0.3) is 0 Å². The highest BCUT2D eigenvalue weighted by atomic mass is 16.4. The van der Waals surface area contributed by atoms with Crippen LogP contribution in [0.2, 0.25) is 0 Å². The van der Waals surface area contributed by atoms with Crippen LogP contribution in [0.15, 0.2) is 36.5 Å². The van der Waals surface area contributed by atoms with Crippen molar-refractivity contribution in [1.29, 1.82) is 0 Å². The summed E-state index contributed by atoms with van der Waals surface area (Å²) in [6, 6.07) is 0. The van der Waals surface area contributed by atoms with Gasteiger partial charge in [0, 0.05) is 5.57 Å². The molecule has 0 aromatic carbocycles. The monoisotopic (exact) mass is 232 g/mol. The summed E-state index contributed by atoms with van der Waals surface area (Å²) >= 11 is 0. The zero-order valence-electron chi connectivity index (χ0n) is 10.4. The van der Waals surface area contributed by atoms with E-state index in [2.05, 4.69) is 32.2 Å². The van der Waals surface area contributed by atoms with Crippen molar-refractivity contribution in [3.8, 4) is 0 Å². The maximum absolute atomic E-state index is 11.0. The van der Waals surface area contributed by atoms with Gasteiger partial charge in [-0.2, -0.15) is 0 Å². The van der Waals surface area contributed by atoms with Crippen LogP contribution in [0.4, 0.5) is 0 Å². The third-order valence-corrected chi connectivity index (χ3v) is 4.56. The summed E-state index contributed by atoms with van der Waals surface area (Å²) in [5, 5.41) is 9.02. The Labute approximate surface area is 103 Å². The van der Waals surface area contributed by atoms with E-state index in [0.717, 1.165) is 31.3 Å². The molecule has 17 heavy (non-hydrogen) atoms. The quantitative estimate of drug-likeness (QED) is 0.739. The van der Waals surface area contributed by atoms with Crippen molar-refractivity contribution >= 4 is 5.97 Å². The van der Waals surface area contributed by atoms with Crippen LogP contribution in [0, 0.1) is 17.3 Å². The summed E-state index contributed by atoms with van der Waals surface area (Å²) in [6.07, 6.45) is 8.29. The molecule has 0 aromatic rings. The van der Waals surface area contributed by atoms with Gasteiger partial charge in [-0.1, -0.05) is 37.8 Å². The minimum Gasteiger partial charge on any atom is -0.478 e. The van der Waals surface area contributed by atoms with Crippen molar-refractivity contribution in [1.82, 2.24) is 0 Å². The fourth-order valence-corrected chi connectivity index (χ4v) is 3.30. The molecule has 2 aliphatic carbocycles. The molecule has 0 bridgehead atoms. The number of hydrogen-bond acceptors (Lipinski definition) is 1. The van der Waals surface area contributed by atoms with Gasteiger partial charge in [0.2, 0.25) is 0 Å². The van der Waals surface area contributed by atoms with Crippen molar-refractivity contribution in [2.75, 3.05) is 0 Å². The van der Waals surface area contributed by atoms with Gasteiger partial charge >= 0.3 is 5.97 Å². The zero-order valence-corrected chi connectivity index (χ0v) is 10.4. The Balaban J connectivity index is 2.18. The van der Waals surface area contributed by atoms with E-state index in [-0.39, 0.29) is 11.3 Å². The molecule has 0 amide bonds. The number of carboxylic acids is 1. The maximum atomic E-state index is 11.0. The van der Waals surface area contributed by atoms with Crippen molar-refractivity contribution in [2.24, 2.45) is 17.3 Å². The molecule has 2 nitrogen and oxygen atoms in total. The lowest BCUT2D eigenvalue weighted by Gasteiger charge is -2.46. The number of carboxylic acid groups (broad SMARTS) is 1. The van der Waals surface area contributed by atoms with Crippen LogP contribution in [0.25, 0.3) is 0 Å². The van der Waals surface area contributed by atoms with E-state index < -0.39 is 5.97 Å². The van der Waals surface area contributed by atoms with Gasteiger partial charge in [-0.3, -0.25) is 0 Å². The molecule has 0 saturated heterocycles. The number of allylic oxidation sites excluding steroid dienone is 3. The molecule has 1 N–H and O–H groups in total. The Bertz CT molecular complexity index is 405. The molecule has 0 heterocycles. The Kier molecular flexibility index (Phi) is 2.98. The SMILES string of the molecule is C=C(C(=O)O)C1CCC2(C)CC=CC(=C)C2C1. The average molecular weight is 232 g/mol. The molecular formula is C15H20O2. The first-order chi connectivity index (χ1) is 7.94. The minimum atomic E-state index is -0.851. The van der Waals surface area contributed by atoms with Crippen LogP contribution >= 0.6 is 0 Å². The van der Waals surface area contributed by atoms with Crippen molar-refractivity contribution < 1.29 is 9.90 Å². The zero-order chi connectivity index (χ0) is 12.6. The Morgan fingerprint density at radius 2 is 2.29 bits per heavy atom. The molecular weight excluding hydrogens is 212 g/mol. The Morgan fingerprint density at radius 1 is 1.59 bits per heavy atom. The van der Waals surface area contributed by atoms with Gasteiger partial charge in [-0.25, -0.2) is 4.79 Å². The Hall–Kier alpha value is -1.31. The van der Waals surface area contributed by atoms with Gasteiger partial charge in [0.05, 0.1) is 0 Å². The van der Waals surface area contributed by atoms with Crippen molar-refractivity contribution in [3.05, 3.63) is 36.5 Å². The van der Waals surface area contributed by atoms with Crippen molar-refractivity contribution in [2.45, 2.75) is 32.6 Å². The minimum absolute atomic E-state index is 0.119. The van der Waals surface area contributed by atoms with Crippen molar-refractivity contribution in [3.63, 3.8) is 0 Å². The fraction of sp³-hybridized carbons (Fsp3) is 0.533. The molecule has 2 heteroatoms. The van der Waals surface area contributed by atoms with E-state index in [4.69, 9.17) is 5.11 Å². The third kappa shape index (κ3) is 2.08. The summed E-state index contributed by atoms with van der Waals surface area (Å²) < 4.78 is 0. The lowest BCUT2D eigenvalue weighted by Crippen LogP contribution is -2.37. The third-order valence-electron chi connectivity index (χ3n) is 4.56. The van der Waals surface area contributed by atoms with Gasteiger partial charge in [-0.15, -0.1) is 0 Å². The van der Waals surface area contributed by atoms with E-state index in [9.17, 15) is 4.79 Å². The topological polar surface area (TPSA) is 37.3 Å². The summed E-state index contributed by atoms with van der Waals surface area (Å²) in [4.78, 5) is 11.0. The van der Waals surface area contributed by atoms with Gasteiger partial charge in [0.1, 0.15) is 0 Å². The molecule has 2 rings (SSSR count). The molecule has 1 saturated carbocycles. The fourth-order valence-electron chi connectivity index (χ4n) is 3.30. The standard InChI is InChI=1S/C15H20O2/c1-10-5-4-7-15(3)8-6-12(9-13(10)15)11(2)14(16)17/h4-5,12-13H,1-2,6-9H2,3H3,(H,16,17). The highest BCUT2D eigenvalue weighted by Gasteiger charge is 2.42. The Morgan fingerprint density at radius 3 is 2.94 bits per heavy atom. The first-order valence-corrected chi connectivity index (χ1v) is 6.21. The number of hydrogen-bond donors (Lipinski definition) is 1. The molecule has 3 atom stereocenters. The second-order valence-corrected chi connectivity index (χ2v) is 5.69. The first kappa shape index (κ1) is 12.2. The molecule has 0 aliphatic heterocycles. The molecule has 0 spiro atoms. The molecule has 92 valence electrons. The van der Waals surface area contributed by atoms with E-state index in [1.54, 1.807) is 0 Å². The predicted molar refractivity (Wildman–Crippen MR) is 68.6 cm³/mol. The van der Waals surface area contributed by atoms with Gasteiger partial charge in [0.15, 0.2) is 0 Å². The lowest BCUT2D eigenvalue weighted by atomic mass is 9.58. The smallest absolute Gasteiger partial charge is 0.331 e. The first-order valence-electron chi connectivity index (χ1n) is 6.21. The number of aliphatic carboxylic acids is 1. The summed E-state index contributed by atoms with van der Waals surface area (Å²) in [6.45, 7) is 10.1. The largest absolute Gasteiger partial charge is 0.478 e. The van der Waals surface area contributed by atoms with Gasteiger partial charge < -0.3 is 5.11 Å².